The van der Waals surface area contributed by atoms with Crippen LogP contribution in [0.5, 0.6) is 0 Å². The van der Waals surface area contributed by atoms with Gasteiger partial charge in [0.1, 0.15) is 5.78 Å². The molecule has 0 saturated heterocycles. The van der Waals surface area contributed by atoms with E-state index in [1.165, 1.54) is 0 Å². The Morgan fingerprint density at radius 2 is 1.91 bits per heavy atom. The number of nitrogens with one attached hydrogen (secondary N) is 2. The second kappa shape index (κ2) is 12.7. The summed E-state index contributed by atoms with van der Waals surface area (Å²) in [5.74, 6) is 0.874. The Morgan fingerprint density at radius 1 is 1.23 bits per heavy atom. The lowest BCUT2D eigenvalue weighted by Crippen LogP contribution is -2.52. The molecule has 0 aliphatic carbocycles. The van der Waals surface area contributed by atoms with Crippen LogP contribution >= 0.6 is 24.4 Å². The lowest BCUT2D eigenvalue weighted by atomic mass is 10.2. The van der Waals surface area contributed by atoms with Crippen molar-refractivity contribution in [2.75, 3.05) is 25.1 Å². The number of unbranched alkanes of at least 4 members (excludes halogenated alkanes) is 2. The molecule has 0 heterocycles. The molecule has 0 spiro atoms. The van der Waals surface area contributed by atoms with Crippen LogP contribution in [-0.2, 0) is 15.6 Å². The molecule has 128 valence electrons. The average Bonchev–Trinajstić information content (AvgIpc) is 2.40. The van der Waals surface area contributed by atoms with Crippen LogP contribution in [0.25, 0.3) is 0 Å². The molecule has 4 N–H and O–H groups in total. The van der Waals surface area contributed by atoms with E-state index in [1.807, 2.05) is 0 Å². The minimum absolute atomic E-state index is 0.153. The molecule has 1 atom stereocenters. The van der Waals surface area contributed by atoms with Gasteiger partial charge in [-0.1, -0.05) is 0 Å². The Labute approximate surface area is 146 Å². The standard InChI is InChI=1S/C13H26N4O2S3/c1-11(18)7-3-4-8-15-13(21)17(16-12(14)20)9-5-6-10-22(2)19/h3-10H2,1-2H3,(H,15,21)(H3,14,16,20). The molecule has 0 rings (SSSR count). The van der Waals surface area contributed by atoms with Gasteiger partial charge in [0.2, 0.25) is 0 Å². The predicted octanol–water partition coefficient (Wildman–Crippen LogP) is 0.829. The molecule has 0 bridgehead atoms. The second-order valence-electron chi connectivity index (χ2n) is 5.00. The van der Waals surface area contributed by atoms with Gasteiger partial charge in [0, 0.05) is 42.3 Å². The van der Waals surface area contributed by atoms with E-state index in [4.69, 9.17) is 30.2 Å². The van der Waals surface area contributed by atoms with Crippen LogP contribution in [0.2, 0.25) is 0 Å². The lowest BCUT2D eigenvalue weighted by molar-refractivity contribution is -0.117. The summed E-state index contributed by atoms with van der Waals surface area (Å²) in [4.78, 5) is 10.9. The van der Waals surface area contributed by atoms with Gasteiger partial charge in [-0.05, 0) is 57.0 Å². The Kier molecular flexibility index (Phi) is 12.3. The topological polar surface area (TPSA) is 87.5 Å². The minimum atomic E-state index is -0.778. The van der Waals surface area contributed by atoms with Crippen molar-refractivity contribution >= 4 is 51.2 Å². The van der Waals surface area contributed by atoms with Gasteiger partial charge >= 0.3 is 0 Å². The van der Waals surface area contributed by atoms with E-state index in [0.717, 1.165) is 25.7 Å². The van der Waals surface area contributed by atoms with Crippen LogP contribution in [0.3, 0.4) is 0 Å². The molecule has 0 fully saturated rings. The summed E-state index contributed by atoms with van der Waals surface area (Å²) in [7, 11) is -0.778. The highest BCUT2D eigenvalue weighted by Crippen LogP contribution is 1.98. The van der Waals surface area contributed by atoms with Gasteiger partial charge in [-0.3, -0.25) is 14.6 Å². The van der Waals surface area contributed by atoms with Gasteiger partial charge in [-0.15, -0.1) is 0 Å². The largest absolute Gasteiger partial charge is 0.375 e. The van der Waals surface area contributed by atoms with Crippen molar-refractivity contribution in [1.29, 1.82) is 0 Å². The van der Waals surface area contributed by atoms with E-state index in [-0.39, 0.29) is 10.9 Å². The fourth-order valence-electron chi connectivity index (χ4n) is 1.71. The molecule has 0 amide bonds. The SMILES string of the molecule is CC(=O)CCCCNC(=S)N(CCCCS(C)=O)NC(N)=S. The van der Waals surface area contributed by atoms with Gasteiger partial charge in [0.05, 0.1) is 0 Å². The van der Waals surface area contributed by atoms with E-state index in [9.17, 15) is 9.00 Å². The highest BCUT2D eigenvalue weighted by molar-refractivity contribution is 7.84. The quantitative estimate of drug-likeness (QED) is 0.298. The van der Waals surface area contributed by atoms with E-state index >= 15 is 0 Å². The number of carbonyl (C=O) groups excluding carboxylic acids is 1. The molecule has 0 aliphatic heterocycles. The third-order valence-electron chi connectivity index (χ3n) is 2.79. The van der Waals surface area contributed by atoms with Crippen LogP contribution in [-0.4, -0.2) is 50.3 Å². The summed E-state index contributed by atoms with van der Waals surface area (Å²) in [6.07, 6.45) is 5.68. The summed E-state index contributed by atoms with van der Waals surface area (Å²) in [5.41, 5.74) is 8.33. The summed E-state index contributed by atoms with van der Waals surface area (Å²) in [6.45, 7) is 2.92. The smallest absolute Gasteiger partial charge is 0.187 e. The van der Waals surface area contributed by atoms with Gasteiger partial charge in [0.15, 0.2) is 10.2 Å². The molecule has 6 nitrogen and oxygen atoms in total. The minimum Gasteiger partial charge on any atom is -0.375 e. The maximum Gasteiger partial charge on any atom is 0.187 e. The van der Waals surface area contributed by atoms with Crippen molar-refractivity contribution in [3.05, 3.63) is 0 Å². The van der Waals surface area contributed by atoms with Gasteiger partial charge in [0.25, 0.3) is 0 Å². The molecular formula is C13H26N4O2S3. The Hall–Kier alpha value is -0.800. The van der Waals surface area contributed by atoms with Crippen LogP contribution in [0.15, 0.2) is 0 Å². The van der Waals surface area contributed by atoms with Crippen molar-refractivity contribution < 1.29 is 9.00 Å². The highest BCUT2D eigenvalue weighted by atomic mass is 32.2. The molecule has 0 radical (unpaired) electrons. The number of ketones is 1. The number of rotatable bonds is 10. The van der Waals surface area contributed by atoms with Crippen molar-refractivity contribution in [3.63, 3.8) is 0 Å². The molecule has 22 heavy (non-hydrogen) atoms. The summed E-state index contributed by atoms with van der Waals surface area (Å²) < 4.78 is 11.0. The van der Waals surface area contributed by atoms with Crippen LogP contribution < -0.4 is 16.5 Å². The normalized spacial score (nSPS) is 11.5. The maximum absolute atomic E-state index is 11.0. The number of hydrogen-bond donors (Lipinski definition) is 3. The van der Waals surface area contributed by atoms with Crippen LogP contribution in [0.4, 0.5) is 0 Å². The fraction of sp³-hybridized carbons (Fsp3) is 0.769. The monoisotopic (exact) mass is 366 g/mol. The van der Waals surface area contributed by atoms with Crippen LogP contribution in [0.1, 0.15) is 39.0 Å². The summed E-state index contributed by atoms with van der Waals surface area (Å²) >= 11 is 10.2. The second-order valence-corrected chi connectivity index (χ2v) is 7.38. The maximum atomic E-state index is 11.0. The highest BCUT2D eigenvalue weighted by Gasteiger charge is 2.09. The number of nitrogens with zero attached hydrogens (tertiary/aromatic N) is 1. The van der Waals surface area contributed by atoms with E-state index < -0.39 is 10.8 Å². The lowest BCUT2D eigenvalue weighted by Gasteiger charge is -2.26. The molecule has 0 saturated carbocycles. The number of Topliss-reactive ketones (excluding diaryl/α,β-unsaturated/α-hetero) is 1. The first-order valence-electron chi connectivity index (χ1n) is 7.24. The van der Waals surface area contributed by atoms with Crippen molar-refractivity contribution in [3.8, 4) is 0 Å². The average molecular weight is 367 g/mol. The zero-order valence-corrected chi connectivity index (χ0v) is 15.7. The Morgan fingerprint density at radius 3 is 2.45 bits per heavy atom. The first-order chi connectivity index (χ1) is 10.3. The zero-order chi connectivity index (χ0) is 17.0. The van der Waals surface area contributed by atoms with Crippen molar-refractivity contribution in [2.45, 2.75) is 39.0 Å². The number of hydrogen-bond acceptors (Lipinski definition) is 4. The Balaban J connectivity index is 4.07. The first kappa shape index (κ1) is 21.2. The van der Waals surface area contributed by atoms with E-state index in [2.05, 4.69) is 10.7 Å². The van der Waals surface area contributed by atoms with E-state index in [0.29, 0.717) is 30.4 Å². The predicted molar refractivity (Wildman–Crippen MR) is 99.9 cm³/mol. The molecule has 0 aliphatic rings. The number of carbonyl (C=O) groups is 1. The third kappa shape index (κ3) is 12.9. The Bertz CT molecular complexity index is 405. The third-order valence-corrected chi connectivity index (χ3v) is 4.11. The van der Waals surface area contributed by atoms with Gasteiger partial charge < -0.3 is 15.8 Å². The number of thiocarbonyl (C=S) groups is 2. The molecule has 0 aromatic heterocycles. The van der Waals surface area contributed by atoms with Crippen LogP contribution in [0, 0.1) is 0 Å². The number of hydrazine groups is 1. The van der Waals surface area contributed by atoms with Gasteiger partial charge in [-0.2, -0.15) is 0 Å². The van der Waals surface area contributed by atoms with Gasteiger partial charge in [-0.25, -0.2) is 0 Å². The molecule has 1 unspecified atom stereocenters. The zero-order valence-electron chi connectivity index (χ0n) is 13.2. The first-order valence-corrected chi connectivity index (χ1v) is 9.78. The fourth-order valence-corrected chi connectivity index (χ4v) is 2.67. The summed E-state index contributed by atoms with van der Waals surface area (Å²) in [5, 5.41) is 5.49. The van der Waals surface area contributed by atoms with Crippen molar-refractivity contribution in [2.24, 2.45) is 5.73 Å². The molecule has 0 aromatic rings. The number of nitrogens with two attached hydrogens (primary N) is 1. The molecule has 0 aromatic carbocycles. The van der Waals surface area contributed by atoms with Crippen molar-refractivity contribution in [1.82, 2.24) is 15.8 Å². The van der Waals surface area contributed by atoms with E-state index in [1.54, 1.807) is 18.2 Å². The molecular weight excluding hydrogens is 340 g/mol. The summed E-state index contributed by atoms with van der Waals surface area (Å²) in [6, 6.07) is 0. The molecule has 9 heteroatoms.